The van der Waals surface area contributed by atoms with Gasteiger partial charge in [0.1, 0.15) is 0 Å². The van der Waals surface area contributed by atoms with Crippen LogP contribution in [0, 0.1) is 5.41 Å². The number of allylic oxidation sites excluding steroid dienone is 4. The van der Waals surface area contributed by atoms with E-state index in [1.807, 2.05) is 0 Å². The number of aryl methyl sites for hydroxylation is 1. The number of hydrogen-bond acceptors (Lipinski definition) is 1. The van der Waals surface area contributed by atoms with Crippen LogP contribution >= 0.6 is 0 Å². The number of hydrogen-bond donors (Lipinski definition) is 0. The number of para-hydroxylation sites is 2. The first-order valence-electron chi connectivity index (χ1n) is 19.4. The lowest BCUT2D eigenvalue weighted by Gasteiger charge is -2.43. The van der Waals surface area contributed by atoms with E-state index >= 15 is 0 Å². The van der Waals surface area contributed by atoms with Crippen LogP contribution in [0.4, 0.5) is 11.4 Å². The molecular formula is C52H44N2. The molecule has 1 aromatic heterocycles. The number of aromatic nitrogens is 1. The van der Waals surface area contributed by atoms with Gasteiger partial charge in [0.15, 0.2) is 0 Å². The fourth-order valence-corrected chi connectivity index (χ4v) is 9.56. The lowest BCUT2D eigenvalue weighted by atomic mass is 9.62. The molecule has 262 valence electrons. The number of benzene rings is 6. The number of nitrogens with zero attached hydrogens (tertiary/aromatic N) is 2. The van der Waals surface area contributed by atoms with Crippen LogP contribution in [0.1, 0.15) is 55.5 Å². The highest BCUT2D eigenvalue weighted by Crippen LogP contribution is 2.62. The van der Waals surface area contributed by atoms with E-state index in [0.717, 1.165) is 24.2 Å². The Morgan fingerprint density at radius 3 is 1.96 bits per heavy atom. The maximum Gasteiger partial charge on any atom is 0.0538 e. The van der Waals surface area contributed by atoms with Gasteiger partial charge < -0.3 is 9.47 Å². The Hall–Kier alpha value is -6.12. The minimum absolute atomic E-state index is 0.00159. The SMILES string of the molecule is CC1(C)c2ccccc2C2C=CC(N(c3ccccc3)c3ccc(-c4ccc(-c5ccc6c(c5)c5c(n6-c6ccccc6)C=CCC5)cc4)cc3)=CC21C. The molecule has 54 heavy (non-hydrogen) atoms. The average Bonchev–Trinajstić information content (AvgIpc) is 3.64. The Balaban J connectivity index is 0.964. The van der Waals surface area contributed by atoms with Gasteiger partial charge in [-0.05, 0) is 118 Å². The predicted octanol–water partition coefficient (Wildman–Crippen LogP) is 13.6. The third-order valence-electron chi connectivity index (χ3n) is 12.8. The van der Waals surface area contributed by atoms with Gasteiger partial charge in [-0.25, -0.2) is 0 Å². The summed E-state index contributed by atoms with van der Waals surface area (Å²) in [6.07, 6.45) is 14.1. The monoisotopic (exact) mass is 696 g/mol. The normalized spacial score (nSPS) is 19.2. The first kappa shape index (κ1) is 32.5. The average molecular weight is 697 g/mol. The highest BCUT2D eigenvalue weighted by Gasteiger charge is 2.54. The molecule has 2 atom stereocenters. The van der Waals surface area contributed by atoms with Gasteiger partial charge in [0, 0.05) is 45.2 Å². The Kier molecular flexibility index (Phi) is 7.52. The zero-order chi connectivity index (χ0) is 36.4. The van der Waals surface area contributed by atoms with Crippen molar-refractivity contribution in [3.63, 3.8) is 0 Å². The van der Waals surface area contributed by atoms with E-state index in [-0.39, 0.29) is 10.8 Å². The first-order chi connectivity index (χ1) is 26.4. The lowest BCUT2D eigenvalue weighted by molar-refractivity contribution is 0.243. The molecule has 0 amide bonds. The summed E-state index contributed by atoms with van der Waals surface area (Å²) < 4.78 is 2.42. The molecule has 0 saturated heterocycles. The molecule has 0 N–H and O–H groups in total. The van der Waals surface area contributed by atoms with E-state index in [2.05, 4.69) is 212 Å². The lowest BCUT2D eigenvalue weighted by Crippen LogP contribution is -2.38. The summed E-state index contributed by atoms with van der Waals surface area (Å²) in [4.78, 5) is 2.42. The van der Waals surface area contributed by atoms with Crippen LogP contribution in [-0.2, 0) is 11.8 Å². The second-order valence-corrected chi connectivity index (χ2v) is 15.9. The molecule has 6 aromatic carbocycles. The topological polar surface area (TPSA) is 8.17 Å². The van der Waals surface area contributed by atoms with Gasteiger partial charge in [-0.1, -0.05) is 142 Å². The van der Waals surface area contributed by atoms with Crippen LogP contribution in [0.15, 0.2) is 182 Å². The molecule has 0 radical (unpaired) electrons. The molecule has 2 nitrogen and oxygen atoms in total. The fraction of sp³-hybridized carbons (Fsp3) is 0.154. The van der Waals surface area contributed by atoms with Crippen molar-refractivity contribution >= 4 is 28.4 Å². The van der Waals surface area contributed by atoms with E-state index in [4.69, 9.17) is 0 Å². The minimum atomic E-state index is -0.0533. The second kappa shape index (κ2) is 12.5. The van der Waals surface area contributed by atoms with E-state index < -0.39 is 0 Å². The van der Waals surface area contributed by atoms with Crippen LogP contribution in [0.25, 0.3) is 44.9 Å². The van der Waals surface area contributed by atoms with Crippen molar-refractivity contribution in [3.05, 3.63) is 204 Å². The molecule has 0 bridgehead atoms. The Morgan fingerprint density at radius 2 is 1.22 bits per heavy atom. The van der Waals surface area contributed by atoms with Gasteiger partial charge in [0.25, 0.3) is 0 Å². The van der Waals surface area contributed by atoms with E-state index in [1.165, 1.54) is 66.9 Å². The van der Waals surface area contributed by atoms with Crippen LogP contribution in [0.3, 0.4) is 0 Å². The van der Waals surface area contributed by atoms with Gasteiger partial charge in [0.05, 0.1) is 5.52 Å². The molecule has 1 heterocycles. The minimum Gasteiger partial charge on any atom is -0.311 e. The van der Waals surface area contributed by atoms with Crippen molar-refractivity contribution < 1.29 is 0 Å². The Labute approximate surface area is 319 Å². The third kappa shape index (κ3) is 5.01. The molecular weight excluding hydrogens is 653 g/mol. The fourth-order valence-electron chi connectivity index (χ4n) is 9.56. The highest BCUT2D eigenvalue weighted by molar-refractivity contribution is 5.94. The van der Waals surface area contributed by atoms with Crippen LogP contribution in [-0.4, -0.2) is 4.57 Å². The number of rotatable bonds is 6. The largest absolute Gasteiger partial charge is 0.311 e. The maximum atomic E-state index is 2.54. The first-order valence-corrected chi connectivity index (χ1v) is 19.4. The van der Waals surface area contributed by atoms with Crippen LogP contribution in [0.2, 0.25) is 0 Å². The predicted molar refractivity (Wildman–Crippen MR) is 228 cm³/mol. The van der Waals surface area contributed by atoms with Gasteiger partial charge in [-0.2, -0.15) is 0 Å². The van der Waals surface area contributed by atoms with E-state index in [1.54, 1.807) is 0 Å². The van der Waals surface area contributed by atoms with Crippen LogP contribution in [0.5, 0.6) is 0 Å². The molecule has 7 aromatic rings. The number of fused-ring (bicyclic) bond motifs is 6. The molecule has 0 saturated carbocycles. The third-order valence-corrected chi connectivity index (χ3v) is 12.8. The molecule has 2 heteroatoms. The second-order valence-electron chi connectivity index (χ2n) is 15.9. The quantitative estimate of drug-likeness (QED) is 0.168. The zero-order valence-electron chi connectivity index (χ0n) is 31.2. The molecule has 0 spiro atoms. The summed E-state index contributed by atoms with van der Waals surface area (Å²) in [6.45, 7) is 7.27. The molecule has 0 fully saturated rings. The van der Waals surface area contributed by atoms with E-state index in [9.17, 15) is 0 Å². The van der Waals surface area contributed by atoms with Crippen molar-refractivity contribution in [3.8, 4) is 27.9 Å². The van der Waals surface area contributed by atoms with Crippen molar-refractivity contribution in [1.29, 1.82) is 0 Å². The molecule has 3 aliphatic carbocycles. The van der Waals surface area contributed by atoms with Crippen molar-refractivity contribution in [2.24, 2.45) is 5.41 Å². The van der Waals surface area contributed by atoms with Gasteiger partial charge in [0.2, 0.25) is 0 Å². The Morgan fingerprint density at radius 1 is 0.611 bits per heavy atom. The summed E-state index contributed by atoms with van der Waals surface area (Å²) in [5, 5.41) is 1.35. The standard InChI is InChI=1S/C52H44N2/c1-51(2)47-20-12-10-19-45(47)48-32-31-43(35-52(48,51)3)53(40-14-6-4-7-15-40)42-29-26-37(27-30-42)36-22-24-38(25-23-36)39-28-33-50-46(34-39)44-18-11-13-21-49(44)54(50)41-16-8-5-9-17-41/h4-10,12-17,19-35,48H,11,18H2,1-3H3. The van der Waals surface area contributed by atoms with E-state index in [0.29, 0.717) is 5.92 Å². The number of anilines is 2. The summed E-state index contributed by atoms with van der Waals surface area (Å²) in [6, 6.07) is 55.7. The molecule has 3 aliphatic rings. The van der Waals surface area contributed by atoms with Gasteiger partial charge >= 0.3 is 0 Å². The van der Waals surface area contributed by atoms with Crippen LogP contribution < -0.4 is 4.90 Å². The van der Waals surface area contributed by atoms with Crippen molar-refractivity contribution in [1.82, 2.24) is 4.57 Å². The molecule has 2 unspecified atom stereocenters. The smallest absolute Gasteiger partial charge is 0.0538 e. The maximum absolute atomic E-state index is 2.54. The van der Waals surface area contributed by atoms with Gasteiger partial charge in [-0.15, -0.1) is 0 Å². The summed E-state index contributed by atoms with van der Waals surface area (Å²) in [7, 11) is 0. The summed E-state index contributed by atoms with van der Waals surface area (Å²) >= 11 is 0. The molecule has 0 aliphatic heterocycles. The Bertz CT molecular complexity index is 2620. The zero-order valence-corrected chi connectivity index (χ0v) is 31.2. The van der Waals surface area contributed by atoms with Crippen molar-refractivity contribution in [2.45, 2.75) is 44.9 Å². The molecule has 10 rings (SSSR count). The van der Waals surface area contributed by atoms with Gasteiger partial charge in [-0.3, -0.25) is 0 Å². The summed E-state index contributed by atoms with van der Waals surface area (Å²) in [5.74, 6) is 0.357. The van der Waals surface area contributed by atoms with Crippen molar-refractivity contribution in [2.75, 3.05) is 4.90 Å². The highest BCUT2D eigenvalue weighted by atomic mass is 15.1. The summed E-state index contributed by atoms with van der Waals surface area (Å²) in [5.41, 5.74) is 16.5.